The zero-order chi connectivity index (χ0) is 11.4. The van der Waals surface area contributed by atoms with Gasteiger partial charge in [-0.3, -0.25) is 4.79 Å². The van der Waals surface area contributed by atoms with Crippen molar-refractivity contribution < 1.29 is 9.53 Å². The lowest BCUT2D eigenvalue weighted by Crippen LogP contribution is -2.05. The van der Waals surface area contributed by atoms with Crippen molar-refractivity contribution in [3.05, 3.63) is 12.7 Å². The first-order chi connectivity index (χ1) is 7.31. The lowest BCUT2D eigenvalue weighted by atomic mass is 10.1. The predicted molar refractivity (Wildman–Crippen MR) is 63.8 cm³/mol. The Morgan fingerprint density at radius 2 is 2.00 bits per heavy atom. The fraction of sp³-hybridized carbons (Fsp3) is 0.769. The van der Waals surface area contributed by atoms with Gasteiger partial charge in [-0.05, 0) is 25.7 Å². The summed E-state index contributed by atoms with van der Waals surface area (Å²) in [6.07, 6.45) is 10.0. The van der Waals surface area contributed by atoms with Gasteiger partial charge in [-0.15, -0.1) is 6.58 Å². The maximum absolute atomic E-state index is 11.2. The van der Waals surface area contributed by atoms with E-state index < -0.39 is 0 Å². The van der Waals surface area contributed by atoms with Gasteiger partial charge in [0.25, 0.3) is 0 Å². The molecule has 0 saturated heterocycles. The predicted octanol–water partition coefficient (Wildman–Crippen LogP) is 3.86. The van der Waals surface area contributed by atoms with Gasteiger partial charge in [0.2, 0.25) is 0 Å². The fourth-order valence-electron chi connectivity index (χ4n) is 1.35. The summed E-state index contributed by atoms with van der Waals surface area (Å²) in [5, 5.41) is 0. The number of allylic oxidation sites excluding steroid dienone is 1. The van der Waals surface area contributed by atoms with Crippen LogP contribution in [0.25, 0.3) is 0 Å². The van der Waals surface area contributed by atoms with Crippen molar-refractivity contribution >= 4 is 5.97 Å². The van der Waals surface area contributed by atoms with E-state index in [9.17, 15) is 4.79 Å². The van der Waals surface area contributed by atoms with Gasteiger partial charge in [0.1, 0.15) is 0 Å². The van der Waals surface area contributed by atoms with E-state index in [4.69, 9.17) is 4.74 Å². The molecule has 0 atom stereocenters. The lowest BCUT2D eigenvalue weighted by molar-refractivity contribution is -0.143. The first-order valence-corrected chi connectivity index (χ1v) is 6.07. The lowest BCUT2D eigenvalue weighted by Gasteiger charge is -2.03. The summed E-state index contributed by atoms with van der Waals surface area (Å²) in [7, 11) is 0. The third-order valence-corrected chi connectivity index (χ3v) is 2.30. The van der Waals surface area contributed by atoms with Crippen LogP contribution in [0.1, 0.15) is 58.3 Å². The van der Waals surface area contributed by atoms with E-state index in [0.29, 0.717) is 13.0 Å². The second-order valence-corrected chi connectivity index (χ2v) is 3.82. The van der Waals surface area contributed by atoms with Crippen molar-refractivity contribution in [2.75, 3.05) is 6.61 Å². The molecule has 0 rings (SSSR count). The van der Waals surface area contributed by atoms with Gasteiger partial charge in [0, 0.05) is 6.42 Å². The third kappa shape index (κ3) is 11.1. The summed E-state index contributed by atoms with van der Waals surface area (Å²) >= 11 is 0. The van der Waals surface area contributed by atoms with E-state index >= 15 is 0 Å². The van der Waals surface area contributed by atoms with E-state index in [0.717, 1.165) is 38.5 Å². The average Bonchev–Trinajstić information content (AvgIpc) is 2.24. The van der Waals surface area contributed by atoms with Gasteiger partial charge in [-0.25, -0.2) is 0 Å². The number of carbonyl (C=O) groups is 1. The molecule has 0 unspecified atom stereocenters. The van der Waals surface area contributed by atoms with E-state index in [2.05, 4.69) is 13.5 Å². The number of hydrogen-bond donors (Lipinski definition) is 0. The van der Waals surface area contributed by atoms with E-state index in [-0.39, 0.29) is 5.97 Å². The van der Waals surface area contributed by atoms with Crippen molar-refractivity contribution in [1.82, 2.24) is 0 Å². The van der Waals surface area contributed by atoms with Gasteiger partial charge in [-0.2, -0.15) is 0 Å². The minimum absolute atomic E-state index is 0.0373. The summed E-state index contributed by atoms with van der Waals surface area (Å²) < 4.78 is 5.09. The molecule has 0 aliphatic heterocycles. The minimum Gasteiger partial charge on any atom is -0.466 e. The van der Waals surface area contributed by atoms with Gasteiger partial charge in [0.05, 0.1) is 6.61 Å². The number of rotatable bonds is 10. The molecular weight excluding hydrogens is 188 g/mol. The Labute approximate surface area is 93.7 Å². The Morgan fingerprint density at radius 3 is 2.67 bits per heavy atom. The zero-order valence-electron chi connectivity index (χ0n) is 9.96. The molecule has 0 spiro atoms. The topological polar surface area (TPSA) is 26.3 Å². The molecule has 0 N–H and O–H groups in total. The molecule has 0 aromatic heterocycles. The summed E-state index contributed by atoms with van der Waals surface area (Å²) in [4.78, 5) is 11.2. The SMILES string of the molecule is C=CCCCCCC(=O)OCCCCC. The minimum atomic E-state index is -0.0373. The smallest absolute Gasteiger partial charge is 0.305 e. The summed E-state index contributed by atoms with van der Waals surface area (Å²) in [6, 6.07) is 0. The number of carbonyl (C=O) groups excluding carboxylic acids is 1. The molecule has 0 heterocycles. The van der Waals surface area contributed by atoms with Crippen molar-refractivity contribution in [2.24, 2.45) is 0 Å². The highest BCUT2D eigenvalue weighted by Gasteiger charge is 2.01. The van der Waals surface area contributed by atoms with Crippen LogP contribution in [0.3, 0.4) is 0 Å². The summed E-state index contributed by atoms with van der Waals surface area (Å²) in [6.45, 7) is 6.40. The molecule has 0 amide bonds. The van der Waals surface area contributed by atoms with Crippen molar-refractivity contribution in [2.45, 2.75) is 58.3 Å². The van der Waals surface area contributed by atoms with Crippen molar-refractivity contribution in [3.8, 4) is 0 Å². The standard InChI is InChI=1S/C13H24O2/c1-3-5-7-8-9-11-13(14)15-12-10-6-4-2/h3H,1,4-12H2,2H3. The van der Waals surface area contributed by atoms with Crippen LogP contribution in [-0.2, 0) is 9.53 Å². The van der Waals surface area contributed by atoms with Crippen LogP contribution in [0.15, 0.2) is 12.7 Å². The molecule has 88 valence electrons. The Balaban J connectivity index is 3.15. The maximum atomic E-state index is 11.2. The van der Waals surface area contributed by atoms with Crippen LogP contribution in [-0.4, -0.2) is 12.6 Å². The number of esters is 1. The molecule has 0 saturated carbocycles. The second-order valence-electron chi connectivity index (χ2n) is 3.82. The number of ether oxygens (including phenoxy) is 1. The summed E-state index contributed by atoms with van der Waals surface area (Å²) in [5.41, 5.74) is 0. The van der Waals surface area contributed by atoms with Crippen LogP contribution in [0.5, 0.6) is 0 Å². The molecule has 2 nitrogen and oxygen atoms in total. The highest BCUT2D eigenvalue weighted by Crippen LogP contribution is 2.04. The van der Waals surface area contributed by atoms with Crippen molar-refractivity contribution in [1.29, 1.82) is 0 Å². The van der Waals surface area contributed by atoms with E-state index in [1.807, 2.05) is 6.08 Å². The number of hydrogen-bond acceptors (Lipinski definition) is 2. The van der Waals surface area contributed by atoms with Gasteiger partial charge >= 0.3 is 5.97 Å². The largest absolute Gasteiger partial charge is 0.466 e. The molecule has 0 fully saturated rings. The molecule has 0 aliphatic rings. The molecule has 0 radical (unpaired) electrons. The molecule has 0 aliphatic carbocycles. The van der Waals surface area contributed by atoms with Crippen LogP contribution in [0, 0.1) is 0 Å². The Bertz CT molecular complexity index is 164. The van der Waals surface area contributed by atoms with Gasteiger partial charge in [-0.1, -0.05) is 32.3 Å². The van der Waals surface area contributed by atoms with Crippen LogP contribution in [0.2, 0.25) is 0 Å². The highest BCUT2D eigenvalue weighted by atomic mass is 16.5. The molecule has 2 heteroatoms. The fourth-order valence-corrected chi connectivity index (χ4v) is 1.35. The molecule has 0 bridgehead atoms. The van der Waals surface area contributed by atoms with Crippen LogP contribution >= 0.6 is 0 Å². The van der Waals surface area contributed by atoms with E-state index in [1.165, 1.54) is 6.42 Å². The first kappa shape index (κ1) is 14.2. The van der Waals surface area contributed by atoms with E-state index in [1.54, 1.807) is 0 Å². The van der Waals surface area contributed by atoms with Crippen LogP contribution < -0.4 is 0 Å². The average molecular weight is 212 g/mol. The van der Waals surface area contributed by atoms with Crippen LogP contribution in [0.4, 0.5) is 0 Å². The Kier molecular flexibility index (Phi) is 10.7. The molecule has 0 aromatic carbocycles. The molecular formula is C13H24O2. The third-order valence-electron chi connectivity index (χ3n) is 2.30. The zero-order valence-corrected chi connectivity index (χ0v) is 9.96. The highest BCUT2D eigenvalue weighted by molar-refractivity contribution is 5.69. The number of unbranched alkanes of at least 4 members (excludes halogenated alkanes) is 5. The Hall–Kier alpha value is -0.790. The molecule has 15 heavy (non-hydrogen) atoms. The second kappa shape index (κ2) is 11.3. The van der Waals surface area contributed by atoms with Gasteiger partial charge < -0.3 is 4.74 Å². The quantitative estimate of drug-likeness (QED) is 0.312. The maximum Gasteiger partial charge on any atom is 0.305 e. The normalized spacial score (nSPS) is 9.93. The Morgan fingerprint density at radius 1 is 1.20 bits per heavy atom. The molecule has 0 aromatic rings. The summed E-state index contributed by atoms with van der Waals surface area (Å²) in [5.74, 6) is -0.0373. The van der Waals surface area contributed by atoms with Gasteiger partial charge in [0.15, 0.2) is 0 Å². The van der Waals surface area contributed by atoms with Crippen molar-refractivity contribution in [3.63, 3.8) is 0 Å². The monoisotopic (exact) mass is 212 g/mol. The first-order valence-electron chi connectivity index (χ1n) is 6.07.